The van der Waals surface area contributed by atoms with Crippen LogP contribution >= 0.6 is 0 Å². The second-order valence-corrected chi connectivity index (χ2v) is 7.20. The lowest BCUT2D eigenvalue weighted by Gasteiger charge is -2.37. The second-order valence-electron chi connectivity index (χ2n) is 7.20. The van der Waals surface area contributed by atoms with E-state index in [-0.39, 0.29) is 12.0 Å². The lowest BCUT2D eigenvalue weighted by molar-refractivity contribution is -0.137. The van der Waals surface area contributed by atoms with Crippen LogP contribution in [0, 0.1) is 0 Å². The van der Waals surface area contributed by atoms with E-state index in [1.807, 2.05) is 0 Å². The van der Waals surface area contributed by atoms with Crippen molar-refractivity contribution in [1.82, 2.24) is 4.90 Å². The number of hydrogen-bond donors (Lipinski definition) is 1. The van der Waals surface area contributed by atoms with Crippen LogP contribution in [0.15, 0.2) is 24.3 Å². The SMILES string of the molecule is CC(C)(C)OC(=O)N1CC(N)CC(c2cccc(C(F)(F)F)c2)C1. The summed E-state index contributed by atoms with van der Waals surface area (Å²) >= 11 is 0. The van der Waals surface area contributed by atoms with Crippen LogP contribution < -0.4 is 5.73 Å². The minimum Gasteiger partial charge on any atom is -0.444 e. The number of alkyl halides is 3. The third kappa shape index (κ3) is 4.87. The maximum absolute atomic E-state index is 12.9. The molecular weight excluding hydrogens is 321 g/mol. The van der Waals surface area contributed by atoms with Gasteiger partial charge in [0.05, 0.1) is 5.56 Å². The van der Waals surface area contributed by atoms with Gasteiger partial charge in [-0.15, -0.1) is 0 Å². The van der Waals surface area contributed by atoms with E-state index in [9.17, 15) is 18.0 Å². The van der Waals surface area contributed by atoms with E-state index in [1.165, 1.54) is 11.0 Å². The predicted octanol–water partition coefficient (Wildman–Crippen LogP) is 3.76. The molecule has 1 heterocycles. The Morgan fingerprint density at radius 2 is 1.92 bits per heavy atom. The standard InChI is InChI=1S/C17H23F3N2O2/c1-16(2,3)24-15(23)22-9-12(8-14(21)10-22)11-5-4-6-13(7-11)17(18,19)20/h4-7,12,14H,8-10,21H2,1-3H3. The summed E-state index contributed by atoms with van der Waals surface area (Å²) in [5.41, 5.74) is 5.22. The van der Waals surface area contributed by atoms with Crippen molar-refractivity contribution >= 4 is 6.09 Å². The fraction of sp³-hybridized carbons (Fsp3) is 0.588. The van der Waals surface area contributed by atoms with Gasteiger partial charge in [-0.25, -0.2) is 4.79 Å². The molecule has 2 N–H and O–H groups in total. The number of carbonyl (C=O) groups is 1. The van der Waals surface area contributed by atoms with Crippen molar-refractivity contribution in [2.75, 3.05) is 13.1 Å². The van der Waals surface area contributed by atoms with Gasteiger partial charge in [-0.1, -0.05) is 18.2 Å². The Balaban J connectivity index is 2.18. The summed E-state index contributed by atoms with van der Waals surface area (Å²) < 4.78 is 44.0. The predicted molar refractivity (Wildman–Crippen MR) is 84.6 cm³/mol. The van der Waals surface area contributed by atoms with Crippen LogP contribution in [0.3, 0.4) is 0 Å². The molecule has 134 valence electrons. The van der Waals surface area contributed by atoms with Crippen molar-refractivity contribution < 1.29 is 22.7 Å². The molecule has 24 heavy (non-hydrogen) atoms. The highest BCUT2D eigenvalue weighted by Gasteiger charge is 2.34. The molecule has 1 aromatic carbocycles. The number of nitrogens with zero attached hydrogens (tertiary/aromatic N) is 1. The van der Waals surface area contributed by atoms with Gasteiger partial charge in [-0.3, -0.25) is 0 Å². The smallest absolute Gasteiger partial charge is 0.416 e. The monoisotopic (exact) mass is 344 g/mol. The Bertz CT molecular complexity index is 596. The van der Waals surface area contributed by atoms with Crippen molar-refractivity contribution in [1.29, 1.82) is 0 Å². The summed E-state index contributed by atoms with van der Waals surface area (Å²) in [5.74, 6) is -0.247. The number of rotatable bonds is 1. The zero-order valence-corrected chi connectivity index (χ0v) is 14.1. The number of nitrogens with two attached hydrogens (primary N) is 1. The van der Waals surface area contributed by atoms with Gasteiger partial charge in [0.25, 0.3) is 0 Å². The number of halogens is 3. The van der Waals surface area contributed by atoms with Crippen LogP contribution in [0.4, 0.5) is 18.0 Å². The fourth-order valence-corrected chi connectivity index (χ4v) is 2.82. The summed E-state index contributed by atoms with van der Waals surface area (Å²) in [4.78, 5) is 13.7. The van der Waals surface area contributed by atoms with Gasteiger partial charge in [0, 0.05) is 25.0 Å². The van der Waals surface area contributed by atoms with Gasteiger partial charge in [0.1, 0.15) is 5.60 Å². The number of piperidine rings is 1. The maximum atomic E-state index is 12.9. The maximum Gasteiger partial charge on any atom is 0.416 e. The molecule has 1 fully saturated rings. The van der Waals surface area contributed by atoms with Crippen LogP contribution in [0.2, 0.25) is 0 Å². The highest BCUT2D eigenvalue weighted by Crippen LogP contribution is 2.33. The topological polar surface area (TPSA) is 55.6 Å². The number of carbonyl (C=O) groups excluding carboxylic acids is 1. The molecule has 2 atom stereocenters. The van der Waals surface area contributed by atoms with Gasteiger partial charge in [-0.2, -0.15) is 13.2 Å². The molecule has 2 unspecified atom stereocenters. The van der Waals surface area contributed by atoms with Crippen LogP contribution in [-0.4, -0.2) is 35.7 Å². The van der Waals surface area contributed by atoms with E-state index in [0.29, 0.717) is 25.1 Å². The molecule has 2 rings (SSSR count). The largest absolute Gasteiger partial charge is 0.444 e. The fourth-order valence-electron chi connectivity index (χ4n) is 2.82. The Morgan fingerprint density at radius 3 is 2.50 bits per heavy atom. The number of amides is 1. The molecule has 0 spiro atoms. The first-order valence-corrected chi connectivity index (χ1v) is 7.86. The molecule has 4 nitrogen and oxygen atoms in total. The average Bonchev–Trinajstić information content (AvgIpc) is 2.44. The van der Waals surface area contributed by atoms with Crippen molar-refractivity contribution in [2.45, 2.75) is 50.9 Å². The van der Waals surface area contributed by atoms with Crippen molar-refractivity contribution in [3.8, 4) is 0 Å². The summed E-state index contributed by atoms with van der Waals surface area (Å²) in [6, 6.07) is 4.90. The van der Waals surface area contributed by atoms with Crippen LogP contribution in [0.1, 0.15) is 44.2 Å². The zero-order chi connectivity index (χ0) is 18.1. The lowest BCUT2D eigenvalue weighted by Crippen LogP contribution is -2.50. The highest BCUT2D eigenvalue weighted by atomic mass is 19.4. The molecule has 1 aliphatic rings. The third-order valence-electron chi connectivity index (χ3n) is 3.82. The number of hydrogen-bond acceptors (Lipinski definition) is 3. The zero-order valence-electron chi connectivity index (χ0n) is 14.1. The van der Waals surface area contributed by atoms with E-state index in [4.69, 9.17) is 10.5 Å². The van der Waals surface area contributed by atoms with E-state index in [0.717, 1.165) is 12.1 Å². The third-order valence-corrected chi connectivity index (χ3v) is 3.82. The molecule has 7 heteroatoms. The molecule has 0 aromatic heterocycles. The van der Waals surface area contributed by atoms with E-state index in [2.05, 4.69) is 0 Å². The molecule has 0 saturated carbocycles. The molecule has 1 amide bonds. The quantitative estimate of drug-likeness (QED) is 0.844. The second kappa shape index (κ2) is 6.63. The van der Waals surface area contributed by atoms with Gasteiger partial charge < -0.3 is 15.4 Å². The molecule has 1 aromatic rings. The number of ether oxygens (including phenoxy) is 1. The van der Waals surface area contributed by atoms with E-state index < -0.39 is 23.4 Å². The highest BCUT2D eigenvalue weighted by molar-refractivity contribution is 5.68. The summed E-state index contributed by atoms with van der Waals surface area (Å²) in [6.45, 7) is 5.92. The summed E-state index contributed by atoms with van der Waals surface area (Å²) in [6.07, 6.45) is -4.35. The van der Waals surface area contributed by atoms with E-state index >= 15 is 0 Å². The van der Waals surface area contributed by atoms with Crippen molar-refractivity contribution in [2.24, 2.45) is 5.73 Å². The lowest BCUT2D eigenvalue weighted by atomic mass is 9.87. The minimum absolute atomic E-state index is 0.247. The van der Waals surface area contributed by atoms with Gasteiger partial charge in [0.2, 0.25) is 0 Å². The first-order chi connectivity index (χ1) is 11.0. The van der Waals surface area contributed by atoms with E-state index in [1.54, 1.807) is 26.8 Å². The van der Waals surface area contributed by atoms with Gasteiger partial charge in [0.15, 0.2) is 0 Å². The minimum atomic E-state index is -4.39. The van der Waals surface area contributed by atoms with Crippen LogP contribution in [-0.2, 0) is 10.9 Å². The van der Waals surface area contributed by atoms with Crippen LogP contribution in [0.5, 0.6) is 0 Å². The molecule has 0 radical (unpaired) electrons. The van der Waals surface area contributed by atoms with Gasteiger partial charge in [-0.05, 0) is 38.8 Å². The Labute approximate surface area is 139 Å². The molecular formula is C17H23F3N2O2. The number of benzene rings is 1. The molecule has 1 saturated heterocycles. The summed E-state index contributed by atoms with van der Waals surface area (Å²) in [5, 5.41) is 0. The molecule has 1 aliphatic heterocycles. The van der Waals surface area contributed by atoms with Crippen molar-refractivity contribution in [3.63, 3.8) is 0 Å². The normalized spacial score (nSPS) is 22.4. The first-order valence-electron chi connectivity index (χ1n) is 7.86. The van der Waals surface area contributed by atoms with Crippen LogP contribution in [0.25, 0.3) is 0 Å². The Hall–Kier alpha value is -1.76. The first kappa shape index (κ1) is 18.6. The Kier molecular flexibility index (Phi) is 5.13. The van der Waals surface area contributed by atoms with Gasteiger partial charge >= 0.3 is 12.3 Å². The molecule has 0 aliphatic carbocycles. The Morgan fingerprint density at radius 1 is 1.25 bits per heavy atom. The van der Waals surface area contributed by atoms with Crippen molar-refractivity contribution in [3.05, 3.63) is 35.4 Å². The average molecular weight is 344 g/mol. The molecule has 0 bridgehead atoms. The summed E-state index contributed by atoms with van der Waals surface area (Å²) in [7, 11) is 0. The number of likely N-dealkylation sites (tertiary alicyclic amines) is 1.